The summed E-state index contributed by atoms with van der Waals surface area (Å²) in [6, 6.07) is 6.72. The Bertz CT molecular complexity index is 473. The molecule has 0 aliphatic carbocycles. The highest BCUT2D eigenvalue weighted by atomic mass is 14.9. The summed E-state index contributed by atoms with van der Waals surface area (Å²) >= 11 is 0. The van der Waals surface area contributed by atoms with E-state index in [1.165, 1.54) is 16.6 Å². The second kappa shape index (κ2) is 4.68. The van der Waals surface area contributed by atoms with Crippen LogP contribution < -0.4 is 11.1 Å². The molecule has 0 aromatic carbocycles. The fourth-order valence-electron chi connectivity index (χ4n) is 2.06. The number of likely N-dealkylation sites (N-methyl/N-ethyl adjacent to an activating group) is 1. The zero-order chi connectivity index (χ0) is 11.5. The molecule has 3 nitrogen and oxygen atoms in total. The van der Waals surface area contributed by atoms with E-state index >= 15 is 0 Å². The lowest BCUT2D eigenvalue weighted by molar-refractivity contribution is 0.615. The molecule has 0 amide bonds. The van der Waals surface area contributed by atoms with Crippen LogP contribution >= 0.6 is 0 Å². The van der Waals surface area contributed by atoms with Crippen LogP contribution in [-0.4, -0.2) is 24.0 Å². The highest BCUT2D eigenvalue weighted by Gasteiger charge is 2.04. The SMILES string of the molecule is CNCC(N)Cc1ccn2cc(C)cc2c1. The van der Waals surface area contributed by atoms with Crippen molar-refractivity contribution in [1.82, 2.24) is 9.72 Å². The van der Waals surface area contributed by atoms with E-state index in [-0.39, 0.29) is 6.04 Å². The lowest BCUT2D eigenvalue weighted by Crippen LogP contribution is -2.33. The Labute approximate surface area is 96.3 Å². The Morgan fingerprint density at radius 2 is 2.25 bits per heavy atom. The van der Waals surface area contributed by atoms with Crippen LogP contribution in [0.25, 0.3) is 5.52 Å². The molecule has 1 unspecified atom stereocenters. The summed E-state index contributed by atoms with van der Waals surface area (Å²) in [4.78, 5) is 0. The minimum Gasteiger partial charge on any atom is -0.326 e. The van der Waals surface area contributed by atoms with Crippen molar-refractivity contribution in [3.05, 3.63) is 41.7 Å². The van der Waals surface area contributed by atoms with Crippen molar-refractivity contribution < 1.29 is 0 Å². The minimum absolute atomic E-state index is 0.184. The summed E-state index contributed by atoms with van der Waals surface area (Å²) in [6.07, 6.45) is 5.15. The molecule has 0 aliphatic rings. The summed E-state index contributed by atoms with van der Waals surface area (Å²) in [5.41, 5.74) is 9.83. The van der Waals surface area contributed by atoms with E-state index in [0.29, 0.717) is 0 Å². The number of fused-ring (bicyclic) bond motifs is 1. The third-order valence-electron chi connectivity index (χ3n) is 2.76. The van der Waals surface area contributed by atoms with Gasteiger partial charge in [0.25, 0.3) is 0 Å². The number of rotatable bonds is 4. The fraction of sp³-hybridized carbons (Fsp3) is 0.385. The number of aromatic nitrogens is 1. The maximum Gasteiger partial charge on any atom is 0.0455 e. The molecule has 0 spiro atoms. The Kier molecular flexibility index (Phi) is 3.27. The van der Waals surface area contributed by atoms with E-state index in [1.807, 2.05) is 7.05 Å². The number of hydrogen-bond acceptors (Lipinski definition) is 2. The molecular weight excluding hydrogens is 198 g/mol. The minimum atomic E-state index is 0.184. The van der Waals surface area contributed by atoms with E-state index in [9.17, 15) is 0 Å². The van der Waals surface area contributed by atoms with E-state index in [2.05, 4.69) is 47.2 Å². The van der Waals surface area contributed by atoms with Crippen molar-refractivity contribution in [1.29, 1.82) is 0 Å². The summed E-state index contributed by atoms with van der Waals surface area (Å²) in [6.45, 7) is 2.96. The molecular formula is C13H19N3. The van der Waals surface area contributed by atoms with Crippen molar-refractivity contribution in [3.8, 4) is 0 Å². The summed E-state index contributed by atoms with van der Waals surface area (Å²) in [5, 5.41) is 3.10. The molecule has 1 atom stereocenters. The lowest BCUT2D eigenvalue weighted by atomic mass is 10.1. The summed E-state index contributed by atoms with van der Waals surface area (Å²) < 4.78 is 2.14. The maximum atomic E-state index is 6.00. The third kappa shape index (κ3) is 2.43. The van der Waals surface area contributed by atoms with E-state index in [1.54, 1.807) is 0 Å². The number of nitrogens with two attached hydrogens (primary N) is 1. The fourth-order valence-corrected chi connectivity index (χ4v) is 2.06. The van der Waals surface area contributed by atoms with Gasteiger partial charge in [-0.05, 0) is 49.7 Å². The van der Waals surface area contributed by atoms with Crippen molar-refractivity contribution in [2.24, 2.45) is 5.73 Å². The second-order valence-corrected chi connectivity index (χ2v) is 4.41. The molecule has 2 aromatic heterocycles. The maximum absolute atomic E-state index is 6.00. The number of nitrogens with zero attached hydrogens (tertiary/aromatic N) is 1. The first kappa shape index (κ1) is 11.2. The topological polar surface area (TPSA) is 42.5 Å². The van der Waals surface area contributed by atoms with Crippen LogP contribution in [-0.2, 0) is 6.42 Å². The zero-order valence-electron chi connectivity index (χ0n) is 9.90. The summed E-state index contributed by atoms with van der Waals surface area (Å²) in [5.74, 6) is 0. The standard InChI is InChI=1S/C13H19N3/c1-10-5-13-7-11(3-4-16(13)9-10)6-12(14)8-15-2/h3-5,7,9,12,15H,6,8,14H2,1-2H3. The molecule has 0 saturated heterocycles. The van der Waals surface area contributed by atoms with Gasteiger partial charge in [-0.1, -0.05) is 0 Å². The number of nitrogens with one attached hydrogen (secondary N) is 1. The van der Waals surface area contributed by atoms with Crippen LogP contribution in [0.2, 0.25) is 0 Å². The van der Waals surface area contributed by atoms with E-state index in [0.717, 1.165) is 13.0 Å². The quantitative estimate of drug-likeness (QED) is 0.811. The lowest BCUT2D eigenvalue weighted by Gasteiger charge is -2.10. The normalized spacial score (nSPS) is 13.2. The Hall–Kier alpha value is -1.32. The predicted molar refractivity (Wildman–Crippen MR) is 67.7 cm³/mol. The Morgan fingerprint density at radius 3 is 3.00 bits per heavy atom. The van der Waals surface area contributed by atoms with Gasteiger partial charge < -0.3 is 15.5 Å². The largest absolute Gasteiger partial charge is 0.326 e. The van der Waals surface area contributed by atoms with E-state index in [4.69, 9.17) is 5.73 Å². The van der Waals surface area contributed by atoms with Gasteiger partial charge in [-0.15, -0.1) is 0 Å². The monoisotopic (exact) mass is 217 g/mol. The van der Waals surface area contributed by atoms with E-state index < -0.39 is 0 Å². The van der Waals surface area contributed by atoms with Gasteiger partial charge >= 0.3 is 0 Å². The van der Waals surface area contributed by atoms with Gasteiger partial charge in [0.15, 0.2) is 0 Å². The van der Waals surface area contributed by atoms with Crippen LogP contribution in [0.1, 0.15) is 11.1 Å². The molecule has 0 fully saturated rings. The van der Waals surface area contributed by atoms with Crippen LogP contribution in [0.3, 0.4) is 0 Å². The van der Waals surface area contributed by atoms with Gasteiger partial charge in [-0.25, -0.2) is 0 Å². The average molecular weight is 217 g/mol. The molecule has 2 heterocycles. The average Bonchev–Trinajstić information content (AvgIpc) is 2.57. The Morgan fingerprint density at radius 1 is 1.44 bits per heavy atom. The molecule has 16 heavy (non-hydrogen) atoms. The predicted octanol–water partition coefficient (Wildman–Crippen LogP) is 1.34. The van der Waals surface area contributed by atoms with Gasteiger partial charge in [0.05, 0.1) is 0 Å². The third-order valence-corrected chi connectivity index (χ3v) is 2.76. The highest BCUT2D eigenvalue weighted by Crippen LogP contribution is 2.12. The number of aryl methyl sites for hydroxylation is 1. The van der Waals surface area contributed by atoms with Gasteiger partial charge in [0.1, 0.15) is 0 Å². The van der Waals surface area contributed by atoms with Gasteiger partial charge in [-0.2, -0.15) is 0 Å². The molecule has 3 heteroatoms. The summed E-state index contributed by atoms with van der Waals surface area (Å²) in [7, 11) is 1.93. The van der Waals surface area contributed by atoms with Crippen LogP contribution in [0.5, 0.6) is 0 Å². The molecule has 0 aliphatic heterocycles. The van der Waals surface area contributed by atoms with Gasteiger partial charge in [-0.3, -0.25) is 0 Å². The number of hydrogen-bond donors (Lipinski definition) is 2. The molecule has 0 bridgehead atoms. The Balaban J connectivity index is 2.18. The molecule has 2 rings (SSSR count). The van der Waals surface area contributed by atoms with Crippen molar-refractivity contribution in [3.63, 3.8) is 0 Å². The smallest absolute Gasteiger partial charge is 0.0455 e. The molecule has 0 radical (unpaired) electrons. The van der Waals surface area contributed by atoms with Gasteiger partial charge in [0.2, 0.25) is 0 Å². The van der Waals surface area contributed by atoms with Crippen LogP contribution in [0.15, 0.2) is 30.6 Å². The highest BCUT2D eigenvalue weighted by molar-refractivity contribution is 5.52. The number of pyridine rings is 1. The molecule has 0 saturated carbocycles. The van der Waals surface area contributed by atoms with Gasteiger partial charge in [0, 0.05) is 30.5 Å². The first-order chi connectivity index (χ1) is 7.69. The van der Waals surface area contributed by atoms with Crippen molar-refractivity contribution in [2.45, 2.75) is 19.4 Å². The zero-order valence-corrected chi connectivity index (χ0v) is 9.90. The van der Waals surface area contributed by atoms with Crippen LogP contribution in [0, 0.1) is 6.92 Å². The first-order valence-corrected chi connectivity index (χ1v) is 5.66. The van der Waals surface area contributed by atoms with Crippen LogP contribution in [0.4, 0.5) is 0 Å². The molecule has 3 N–H and O–H groups in total. The second-order valence-electron chi connectivity index (χ2n) is 4.41. The van der Waals surface area contributed by atoms with Crippen molar-refractivity contribution in [2.75, 3.05) is 13.6 Å². The molecule has 2 aromatic rings. The molecule has 86 valence electrons. The van der Waals surface area contributed by atoms with Crippen molar-refractivity contribution >= 4 is 5.52 Å². The first-order valence-electron chi connectivity index (χ1n) is 5.66.